The van der Waals surface area contributed by atoms with Crippen LogP contribution >= 0.6 is 11.6 Å². The molecule has 1 aliphatic heterocycles. The average Bonchev–Trinajstić information content (AvgIpc) is 3.35. The van der Waals surface area contributed by atoms with Crippen LogP contribution in [0.4, 0.5) is 0 Å². The van der Waals surface area contributed by atoms with Gasteiger partial charge in [-0.15, -0.1) is 5.10 Å². The molecule has 7 nitrogen and oxygen atoms in total. The standard InChI is InChI=1S/C20H22ClN5O2/c21-15-6-1-2-7-16(15)26-18(12-8-9-12)23-17(24-26)20(28)25-10-14(11-25)22-19(27)13-4-3-5-13/h1-2,6-7,12-14H,3-5,8-11H2,(H,22,27). The Kier molecular flexibility index (Phi) is 4.34. The third-order valence-electron chi connectivity index (χ3n) is 5.84. The molecule has 1 aromatic heterocycles. The molecule has 1 saturated heterocycles. The van der Waals surface area contributed by atoms with Crippen LogP contribution in [0.15, 0.2) is 24.3 Å². The van der Waals surface area contributed by atoms with Crippen molar-refractivity contribution in [2.45, 2.75) is 44.1 Å². The maximum Gasteiger partial charge on any atom is 0.293 e. The van der Waals surface area contributed by atoms with Gasteiger partial charge in [-0.3, -0.25) is 9.59 Å². The molecule has 146 valence electrons. The van der Waals surface area contributed by atoms with Gasteiger partial charge in [0.1, 0.15) is 5.82 Å². The quantitative estimate of drug-likeness (QED) is 0.837. The predicted octanol–water partition coefficient (Wildman–Crippen LogP) is 2.54. The second kappa shape index (κ2) is 6.88. The van der Waals surface area contributed by atoms with E-state index < -0.39 is 0 Å². The minimum atomic E-state index is -0.193. The third-order valence-corrected chi connectivity index (χ3v) is 6.16. The maximum absolute atomic E-state index is 12.8. The summed E-state index contributed by atoms with van der Waals surface area (Å²) in [7, 11) is 0. The summed E-state index contributed by atoms with van der Waals surface area (Å²) in [4.78, 5) is 31.1. The molecule has 0 spiro atoms. The number of aromatic nitrogens is 3. The van der Waals surface area contributed by atoms with Crippen molar-refractivity contribution >= 4 is 23.4 Å². The molecule has 8 heteroatoms. The zero-order valence-electron chi connectivity index (χ0n) is 15.5. The molecule has 2 aromatic rings. The maximum atomic E-state index is 12.8. The van der Waals surface area contributed by atoms with E-state index in [1.54, 1.807) is 9.58 Å². The number of carbonyl (C=O) groups excluding carboxylic acids is 2. The van der Waals surface area contributed by atoms with E-state index in [9.17, 15) is 9.59 Å². The number of hydrogen-bond donors (Lipinski definition) is 1. The van der Waals surface area contributed by atoms with Crippen LogP contribution in [0.1, 0.15) is 54.5 Å². The highest BCUT2D eigenvalue weighted by Gasteiger charge is 2.38. The molecule has 3 aliphatic rings. The normalized spacial score (nSPS) is 19.8. The second-order valence-electron chi connectivity index (χ2n) is 7.97. The number of para-hydroxylation sites is 1. The lowest BCUT2D eigenvalue weighted by atomic mass is 9.84. The van der Waals surface area contributed by atoms with Crippen LogP contribution in [0.25, 0.3) is 5.69 Å². The van der Waals surface area contributed by atoms with E-state index >= 15 is 0 Å². The number of likely N-dealkylation sites (tertiary alicyclic amines) is 1. The third kappa shape index (κ3) is 3.17. The fourth-order valence-corrected chi connectivity index (χ4v) is 3.90. The zero-order chi connectivity index (χ0) is 19.3. The van der Waals surface area contributed by atoms with Crippen LogP contribution in [0, 0.1) is 5.92 Å². The van der Waals surface area contributed by atoms with Gasteiger partial charge in [-0.05, 0) is 37.8 Å². The lowest BCUT2D eigenvalue weighted by Gasteiger charge is -2.40. The molecular formula is C20H22ClN5O2. The lowest BCUT2D eigenvalue weighted by Crippen LogP contribution is -2.62. The highest BCUT2D eigenvalue weighted by atomic mass is 35.5. The van der Waals surface area contributed by atoms with Crippen molar-refractivity contribution in [1.29, 1.82) is 0 Å². The molecule has 3 fully saturated rings. The van der Waals surface area contributed by atoms with E-state index in [1.807, 2.05) is 24.3 Å². The van der Waals surface area contributed by atoms with Crippen LogP contribution in [0.5, 0.6) is 0 Å². The molecule has 2 heterocycles. The predicted molar refractivity (Wildman–Crippen MR) is 104 cm³/mol. The van der Waals surface area contributed by atoms with Crippen molar-refractivity contribution in [3.05, 3.63) is 40.9 Å². The van der Waals surface area contributed by atoms with Gasteiger partial charge in [-0.1, -0.05) is 30.2 Å². The Morgan fingerprint density at radius 2 is 1.86 bits per heavy atom. The number of nitrogens with one attached hydrogen (secondary N) is 1. The van der Waals surface area contributed by atoms with Gasteiger partial charge in [0.2, 0.25) is 11.7 Å². The summed E-state index contributed by atoms with van der Waals surface area (Å²) in [6.45, 7) is 1.02. The largest absolute Gasteiger partial charge is 0.350 e. The minimum absolute atomic E-state index is 0.0330. The molecule has 5 rings (SSSR count). The average molecular weight is 400 g/mol. The fourth-order valence-electron chi connectivity index (χ4n) is 3.69. The summed E-state index contributed by atoms with van der Waals surface area (Å²) in [6, 6.07) is 7.48. The van der Waals surface area contributed by atoms with E-state index in [4.69, 9.17) is 11.6 Å². The summed E-state index contributed by atoms with van der Waals surface area (Å²) in [5, 5.41) is 8.10. The Balaban J connectivity index is 1.29. The summed E-state index contributed by atoms with van der Waals surface area (Å²) in [5.74, 6) is 1.43. The highest BCUT2D eigenvalue weighted by Crippen LogP contribution is 2.40. The minimum Gasteiger partial charge on any atom is -0.350 e. The first-order valence-corrected chi connectivity index (χ1v) is 10.3. The molecule has 0 radical (unpaired) electrons. The molecule has 2 amide bonds. The summed E-state index contributed by atoms with van der Waals surface area (Å²) in [5.41, 5.74) is 0.742. The van der Waals surface area contributed by atoms with Gasteiger partial charge in [0, 0.05) is 24.9 Å². The summed E-state index contributed by atoms with van der Waals surface area (Å²) < 4.78 is 1.71. The van der Waals surface area contributed by atoms with Gasteiger partial charge in [-0.25, -0.2) is 9.67 Å². The number of amides is 2. The van der Waals surface area contributed by atoms with Gasteiger partial charge in [0.15, 0.2) is 0 Å². The van der Waals surface area contributed by atoms with E-state index in [0.29, 0.717) is 24.0 Å². The number of halogens is 1. The number of hydrogen-bond acceptors (Lipinski definition) is 4. The topological polar surface area (TPSA) is 80.1 Å². The first kappa shape index (κ1) is 17.7. The number of nitrogens with zero attached hydrogens (tertiary/aromatic N) is 4. The van der Waals surface area contributed by atoms with Crippen molar-refractivity contribution in [2.24, 2.45) is 5.92 Å². The van der Waals surface area contributed by atoms with Gasteiger partial charge in [0.05, 0.1) is 16.8 Å². The van der Waals surface area contributed by atoms with E-state index in [1.165, 1.54) is 0 Å². The Morgan fingerprint density at radius 3 is 2.50 bits per heavy atom. The first-order valence-electron chi connectivity index (χ1n) is 9.91. The van der Waals surface area contributed by atoms with Crippen LogP contribution < -0.4 is 5.32 Å². The second-order valence-corrected chi connectivity index (χ2v) is 8.38. The summed E-state index contributed by atoms with van der Waals surface area (Å²) in [6.07, 6.45) is 5.20. The molecule has 2 saturated carbocycles. The van der Waals surface area contributed by atoms with E-state index in [-0.39, 0.29) is 29.6 Å². The number of carbonyl (C=O) groups is 2. The molecule has 0 atom stereocenters. The Morgan fingerprint density at radius 1 is 1.11 bits per heavy atom. The SMILES string of the molecule is O=C(NC1CN(C(=O)c2nc(C3CC3)n(-c3ccccc3Cl)n2)C1)C1CCC1. The lowest BCUT2D eigenvalue weighted by molar-refractivity contribution is -0.129. The highest BCUT2D eigenvalue weighted by molar-refractivity contribution is 6.32. The molecule has 0 bridgehead atoms. The van der Waals surface area contributed by atoms with Crippen LogP contribution in [0.3, 0.4) is 0 Å². The Bertz CT molecular complexity index is 928. The van der Waals surface area contributed by atoms with Crippen molar-refractivity contribution in [3.8, 4) is 5.69 Å². The van der Waals surface area contributed by atoms with E-state index in [2.05, 4.69) is 15.4 Å². The monoisotopic (exact) mass is 399 g/mol. The molecule has 0 unspecified atom stereocenters. The Labute approximate surface area is 168 Å². The van der Waals surface area contributed by atoms with Crippen molar-refractivity contribution < 1.29 is 9.59 Å². The van der Waals surface area contributed by atoms with Crippen molar-refractivity contribution in [1.82, 2.24) is 25.0 Å². The molecule has 28 heavy (non-hydrogen) atoms. The van der Waals surface area contributed by atoms with Crippen LogP contribution in [-0.2, 0) is 4.79 Å². The molecule has 2 aliphatic carbocycles. The molecule has 1 aromatic carbocycles. The van der Waals surface area contributed by atoms with Gasteiger partial charge >= 0.3 is 0 Å². The smallest absolute Gasteiger partial charge is 0.293 e. The van der Waals surface area contributed by atoms with Crippen LogP contribution in [-0.4, -0.2) is 50.6 Å². The Hall–Kier alpha value is -2.41. The number of benzene rings is 1. The molecular weight excluding hydrogens is 378 g/mol. The van der Waals surface area contributed by atoms with Crippen molar-refractivity contribution in [2.75, 3.05) is 13.1 Å². The van der Waals surface area contributed by atoms with Crippen LogP contribution in [0.2, 0.25) is 5.02 Å². The molecule has 1 N–H and O–H groups in total. The summed E-state index contributed by atoms with van der Waals surface area (Å²) >= 11 is 6.33. The van der Waals surface area contributed by atoms with Gasteiger partial charge < -0.3 is 10.2 Å². The van der Waals surface area contributed by atoms with E-state index in [0.717, 1.165) is 43.6 Å². The van der Waals surface area contributed by atoms with Gasteiger partial charge in [0.25, 0.3) is 5.91 Å². The zero-order valence-corrected chi connectivity index (χ0v) is 16.2. The van der Waals surface area contributed by atoms with Gasteiger partial charge in [-0.2, -0.15) is 0 Å². The first-order chi connectivity index (χ1) is 13.6. The number of rotatable bonds is 5. The fraction of sp³-hybridized carbons (Fsp3) is 0.500. The van der Waals surface area contributed by atoms with Crippen molar-refractivity contribution in [3.63, 3.8) is 0 Å².